The van der Waals surface area contributed by atoms with Gasteiger partial charge in [-0.3, -0.25) is 9.89 Å². The van der Waals surface area contributed by atoms with Crippen molar-refractivity contribution in [3.63, 3.8) is 0 Å². The van der Waals surface area contributed by atoms with Crippen LogP contribution in [0.25, 0.3) is 0 Å². The standard InChI is InChI=1S/C21H42N4O2/c1-4-22-20(24-18-21(2,3)25-12-6-5-7-13-25)23-11-8-14-27-17-19-9-15-26-16-10-19/h19H,4-18H2,1-3H3,(H2,22,23,24). The highest BCUT2D eigenvalue weighted by atomic mass is 16.5. The summed E-state index contributed by atoms with van der Waals surface area (Å²) in [7, 11) is 0. The molecule has 2 N–H and O–H groups in total. The van der Waals surface area contributed by atoms with Gasteiger partial charge < -0.3 is 20.1 Å². The highest BCUT2D eigenvalue weighted by Gasteiger charge is 2.27. The van der Waals surface area contributed by atoms with Crippen LogP contribution in [0.4, 0.5) is 0 Å². The first-order valence-electron chi connectivity index (χ1n) is 11.0. The number of guanidine groups is 1. The molecular formula is C21H42N4O2. The van der Waals surface area contributed by atoms with Gasteiger partial charge in [-0.15, -0.1) is 0 Å². The Hall–Kier alpha value is -0.850. The molecule has 0 unspecified atom stereocenters. The molecule has 0 aromatic rings. The molecule has 2 fully saturated rings. The highest BCUT2D eigenvalue weighted by Crippen LogP contribution is 2.20. The third-order valence-corrected chi connectivity index (χ3v) is 5.63. The predicted molar refractivity (Wildman–Crippen MR) is 112 cm³/mol. The van der Waals surface area contributed by atoms with Gasteiger partial charge in [-0.05, 0) is 71.9 Å². The summed E-state index contributed by atoms with van der Waals surface area (Å²) < 4.78 is 11.2. The van der Waals surface area contributed by atoms with E-state index in [4.69, 9.17) is 14.5 Å². The number of nitrogens with zero attached hydrogens (tertiary/aromatic N) is 2. The van der Waals surface area contributed by atoms with Gasteiger partial charge in [0.05, 0.1) is 6.54 Å². The second-order valence-electron chi connectivity index (χ2n) is 8.47. The maximum Gasteiger partial charge on any atom is 0.191 e. The lowest BCUT2D eigenvalue weighted by molar-refractivity contribution is 0.0203. The Kier molecular flexibility index (Phi) is 10.5. The maximum absolute atomic E-state index is 5.85. The van der Waals surface area contributed by atoms with Gasteiger partial charge in [0, 0.05) is 45.1 Å². The fourth-order valence-electron chi connectivity index (χ4n) is 3.76. The largest absolute Gasteiger partial charge is 0.381 e. The quantitative estimate of drug-likeness (QED) is 0.346. The first kappa shape index (κ1) is 22.4. The molecule has 6 nitrogen and oxygen atoms in total. The Labute approximate surface area is 166 Å². The van der Waals surface area contributed by atoms with E-state index >= 15 is 0 Å². The summed E-state index contributed by atoms with van der Waals surface area (Å²) in [4.78, 5) is 7.44. The van der Waals surface area contributed by atoms with E-state index in [0.29, 0.717) is 5.92 Å². The Morgan fingerprint density at radius 3 is 2.59 bits per heavy atom. The highest BCUT2D eigenvalue weighted by molar-refractivity contribution is 5.79. The number of hydrogen-bond acceptors (Lipinski definition) is 4. The van der Waals surface area contributed by atoms with Crippen molar-refractivity contribution in [1.29, 1.82) is 0 Å². The summed E-state index contributed by atoms with van der Waals surface area (Å²) in [6.45, 7) is 15.2. The summed E-state index contributed by atoms with van der Waals surface area (Å²) in [6.07, 6.45) is 7.29. The number of nitrogens with one attached hydrogen (secondary N) is 2. The van der Waals surface area contributed by atoms with E-state index in [9.17, 15) is 0 Å². The van der Waals surface area contributed by atoms with Gasteiger partial charge in [0.25, 0.3) is 0 Å². The smallest absolute Gasteiger partial charge is 0.191 e. The summed E-state index contributed by atoms with van der Waals surface area (Å²) in [5, 5.41) is 6.82. The van der Waals surface area contributed by atoms with Crippen LogP contribution < -0.4 is 10.6 Å². The zero-order valence-corrected chi connectivity index (χ0v) is 17.9. The van der Waals surface area contributed by atoms with E-state index in [2.05, 4.69) is 36.3 Å². The Morgan fingerprint density at radius 2 is 1.89 bits per heavy atom. The van der Waals surface area contributed by atoms with Gasteiger partial charge in [0.2, 0.25) is 0 Å². The lowest BCUT2D eigenvalue weighted by atomic mass is 9.99. The zero-order chi connectivity index (χ0) is 19.4. The van der Waals surface area contributed by atoms with Gasteiger partial charge in [-0.1, -0.05) is 6.42 Å². The Balaban J connectivity index is 1.63. The first-order valence-corrected chi connectivity index (χ1v) is 11.0. The summed E-state index contributed by atoms with van der Waals surface area (Å²) in [6, 6.07) is 0. The van der Waals surface area contributed by atoms with Crippen LogP contribution >= 0.6 is 0 Å². The minimum absolute atomic E-state index is 0.121. The summed E-state index contributed by atoms with van der Waals surface area (Å²) >= 11 is 0. The monoisotopic (exact) mass is 382 g/mol. The molecule has 0 aromatic heterocycles. The molecule has 0 aliphatic carbocycles. The van der Waals surface area contributed by atoms with Crippen molar-refractivity contribution < 1.29 is 9.47 Å². The molecular weight excluding hydrogens is 340 g/mol. The summed E-state index contributed by atoms with van der Waals surface area (Å²) in [5.41, 5.74) is 0.121. The van der Waals surface area contributed by atoms with Crippen molar-refractivity contribution in [2.45, 2.75) is 64.8 Å². The number of piperidine rings is 1. The molecule has 2 heterocycles. The number of aliphatic imine (C=N–C) groups is 1. The summed E-state index contributed by atoms with van der Waals surface area (Å²) in [5.74, 6) is 1.61. The van der Waals surface area contributed by atoms with E-state index in [-0.39, 0.29) is 5.54 Å². The fraction of sp³-hybridized carbons (Fsp3) is 0.952. The molecule has 2 saturated heterocycles. The third-order valence-electron chi connectivity index (χ3n) is 5.63. The molecule has 2 aliphatic heterocycles. The molecule has 0 bridgehead atoms. The predicted octanol–water partition coefficient (Wildman–Crippen LogP) is 2.64. The second-order valence-corrected chi connectivity index (χ2v) is 8.47. The van der Waals surface area contributed by atoms with Crippen LogP contribution in [-0.4, -0.2) is 75.5 Å². The van der Waals surface area contributed by atoms with Crippen LogP contribution in [0.15, 0.2) is 4.99 Å². The van der Waals surface area contributed by atoms with E-state index in [1.807, 2.05) is 0 Å². The number of likely N-dealkylation sites (tertiary alicyclic amines) is 1. The van der Waals surface area contributed by atoms with Crippen molar-refractivity contribution in [3.05, 3.63) is 0 Å². The molecule has 158 valence electrons. The molecule has 0 radical (unpaired) electrons. The van der Waals surface area contributed by atoms with Crippen LogP contribution in [0.3, 0.4) is 0 Å². The SMILES string of the molecule is CCNC(=NCC(C)(C)N1CCCCC1)NCCCOCC1CCOCC1. The minimum atomic E-state index is 0.121. The minimum Gasteiger partial charge on any atom is -0.381 e. The molecule has 0 atom stereocenters. The van der Waals surface area contributed by atoms with E-state index in [1.165, 1.54) is 32.4 Å². The Bertz CT molecular complexity index is 416. The first-order chi connectivity index (χ1) is 13.1. The number of rotatable bonds is 10. The topological polar surface area (TPSA) is 58.1 Å². The maximum atomic E-state index is 5.85. The molecule has 2 rings (SSSR count). The van der Waals surface area contributed by atoms with Gasteiger partial charge in [0.15, 0.2) is 5.96 Å². The van der Waals surface area contributed by atoms with Crippen molar-refractivity contribution in [3.8, 4) is 0 Å². The van der Waals surface area contributed by atoms with Gasteiger partial charge in [-0.25, -0.2) is 0 Å². The molecule has 0 amide bonds. The third kappa shape index (κ3) is 8.79. The van der Waals surface area contributed by atoms with Gasteiger partial charge >= 0.3 is 0 Å². The molecule has 0 aromatic carbocycles. The van der Waals surface area contributed by atoms with Gasteiger partial charge in [-0.2, -0.15) is 0 Å². The number of ether oxygens (including phenoxy) is 2. The zero-order valence-electron chi connectivity index (χ0n) is 17.9. The van der Waals surface area contributed by atoms with Crippen LogP contribution in [0.5, 0.6) is 0 Å². The second kappa shape index (κ2) is 12.6. The van der Waals surface area contributed by atoms with Crippen molar-refractivity contribution in [1.82, 2.24) is 15.5 Å². The molecule has 6 heteroatoms. The fourth-order valence-corrected chi connectivity index (χ4v) is 3.76. The Morgan fingerprint density at radius 1 is 1.15 bits per heavy atom. The normalized spacial score (nSPS) is 20.6. The average molecular weight is 383 g/mol. The van der Waals surface area contributed by atoms with Crippen LogP contribution in [0.2, 0.25) is 0 Å². The van der Waals surface area contributed by atoms with Crippen LogP contribution in [0, 0.1) is 5.92 Å². The van der Waals surface area contributed by atoms with E-state index in [1.54, 1.807) is 0 Å². The lowest BCUT2D eigenvalue weighted by Gasteiger charge is -2.40. The molecule has 0 spiro atoms. The molecule has 2 aliphatic rings. The van der Waals surface area contributed by atoms with Crippen molar-refractivity contribution in [2.24, 2.45) is 10.9 Å². The van der Waals surface area contributed by atoms with Crippen LogP contribution in [0.1, 0.15) is 59.3 Å². The van der Waals surface area contributed by atoms with E-state index < -0.39 is 0 Å². The van der Waals surface area contributed by atoms with Gasteiger partial charge in [0.1, 0.15) is 0 Å². The van der Waals surface area contributed by atoms with Crippen LogP contribution in [-0.2, 0) is 9.47 Å². The van der Waals surface area contributed by atoms with E-state index in [0.717, 1.165) is 71.3 Å². The molecule has 27 heavy (non-hydrogen) atoms. The average Bonchev–Trinajstić information content (AvgIpc) is 2.70. The van der Waals surface area contributed by atoms with Crippen molar-refractivity contribution in [2.75, 3.05) is 59.2 Å². The van der Waals surface area contributed by atoms with Crippen molar-refractivity contribution >= 4 is 5.96 Å². The lowest BCUT2D eigenvalue weighted by Crippen LogP contribution is -2.49. The molecule has 0 saturated carbocycles. The number of hydrogen-bond donors (Lipinski definition) is 2.